The molecule has 0 saturated carbocycles. The van der Waals surface area contributed by atoms with Crippen LogP contribution in [0.3, 0.4) is 0 Å². The highest BCUT2D eigenvalue weighted by molar-refractivity contribution is 6.36. The molecule has 0 unspecified atom stereocenters. The first-order valence-corrected chi connectivity index (χ1v) is 12.4. The number of hydrogen-bond acceptors (Lipinski definition) is 7. The minimum atomic E-state index is -0.714. The normalized spacial score (nSPS) is 11.1. The summed E-state index contributed by atoms with van der Waals surface area (Å²) in [6.07, 6.45) is 3.50. The topological polar surface area (TPSA) is 127 Å². The van der Waals surface area contributed by atoms with Crippen molar-refractivity contribution in [3.8, 4) is 5.75 Å². The summed E-state index contributed by atoms with van der Waals surface area (Å²) in [5, 5.41) is 6.99. The largest absolute Gasteiger partial charge is 0.495 e. The van der Waals surface area contributed by atoms with Crippen LogP contribution in [0.1, 0.15) is 32.1 Å². The third kappa shape index (κ3) is 5.83. The Morgan fingerprint density at radius 3 is 2.55 bits per heavy atom. The minimum absolute atomic E-state index is 0.0940. The highest BCUT2D eigenvalue weighted by atomic mass is 35.5. The van der Waals surface area contributed by atoms with Gasteiger partial charge in [-0.3, -0.25) is 14.0 Å². The fourth-order valence-electron chi connectivity index (χ4n) is 3.90. The van der Waals surface area contributed by atoms with Gasteiger partial charge in [0.25, 0.3) is 11.8 Å². The minimum Gasteiger partial charge on any atom is -0.495 e. The number of primary amides is 1. The molecule has 4 N–H and O–H groups in total. The number of methoxy groups -OCH3 is 1. The second kappa shape index (κ2) is 11.7. The average molecular weight is 556 g/mol. The number of nitrogens with one attached hydrogen (secondary N) is 2. The Morgan fingerprint density at radius 1 is 1.16 bits per heavy atom. The number of aromatic nitrogens is 3. The van der Waals surface area contributed by atoms with E-state index in [4.69, 9.17) is 38.7 Å². The van der Waals surface area contributed by atoms with Gasteiger partial charge in [-0.2, -0.15) is 0 Å². The maximum absolute atomic E-state index is 12.6. The summed E-state index contributed by atoms with van der Waals surface area (Å²) in [5.41, 5.74) is 7.74. The SMILES string of the molecule is COc1cc(C(=O)NCCN(C)C)ccc1Nc1nc(Cc2c(Cl)cccc2Cl)n2ccnc2c1C(N)=O. The lowest BCUT2D eigenvalue weighted by Gasteiger charge is -2.17. The number of anilines is 2. The summed E-state index contributed by atoms with van der Waals surface area (Å²) in [7, 11) is 5.35. The quantitative estimate of drug-likeness (QED) is 0.272. The molecule has 2 amide bonds. The molecule has 0 bridgehead atoms. The van der Waals surface area contributed by atoms with Gasteiger partial charge >= 0.3 is 0 Å². The highest BCUT2D eigenvalue weighted by Crippen LogP contribution is 2.32. The van der Waals surface area contributed by atoms with Crippen molar-refractivity contribution in [1.29, 1.82) is 0 Å². The fourth-order valence-corrected chi connectivity index (χ4v) is 4.43. The van der Waals surface area contributed by atoms with E-state index in [1.807, 2.05) is 19.0 Å². The second-order valence-corrected chi connectivity index (χ2v) is 9.53. The van der Waals surface area contributed by atoms with Crippen molar-refractivity contribution >= 4 is 52.2 Å². The molecule has 4 rings (SSSR count). The fraction of sp³-hybridized carbons (Fsp3) is 0.231. The van der Waals surface area contributed by atoms with E-state index in [2.05, 4.69) is 15.6 Å². The summed E-state index contributed by atoms with van der Waals surface area (Å²) in [5.74, 6) is 0.132. The summed E-state index contributed by atoms with van der Waals surface area (Å²) >= 11 is 12.8. The molecule has 12 heteroatoms. The molecule has 0 aliphatic heterocycles. The van der Waals surface area contributed by atoms with Gasteiger partial charge in [-0.15, -0.1) is 0 Å². The van der Waals surface area contributed by atoms with Crippen molar-refractivity contribution in [2.75, 3.05) is 39.6 Å². The van der Waals surface area contributed by atoms with Gasteiger partial charge in [-0.05, 0) is 50.0 Å². The monoisotopic (exact) mass is 555 g/mol. The van der Waals surface area contributed by atoms with E-state index in [-0.39, 0.29) is 23.7 Å². The van der Waals surface area contributed by atoms with Crippen LogP contribution >= 0.6 is 23.2 Å². The Hall–Kier alpha value is -3.86. The molecule has 0 aliphatic rings. The maximum Gasteiger partial charge on any atom is 0.256 e. The zero-order chi connectivity index (χ0) is 27.4. The maximum atomic E-state index is 12.6. The Kier molecular flexibility index (Phi) is 8.35. The number of imidazole rings is 1. The highest BCUT2D eigenvalue weighted by Gasteiger charge is 2.22. The lowest BCUT2D eigenvalue weighted by molar-refractivity contribution is 0.0949. The van der Waals surface area contributed by atoms with Crippen molar-refractivity contribution in [3.63, 3.8) is 0 Å². The molecule has 0 radical (unpaired) electrons. The first-order valence-electron chi connectivity index (χ1n) is 11.7. The molecule has 2 heterocycles. The van der Waals surface area contributed by atoms with E-state index >= 15 is 0 Å². The zero-order valence-corrected chi connectivity index (χ0v) is 22.6. The van der Waals surface area contributed by atoms with Crippen molar-refractivity contribution in [3.05, 3.63) is 81.4 Å². The lowest BCUT2D eigenvalue weighted by atomic mass is 10.1. The number of hydrogen-bond donors (Lipinski definition) is 3. The van der Waals surface area contributed by atoms with Crippen LogP contribution in [0, 0.1) is 0 Å². The number of rotatable bonds is 10. The number of benzene rings is 2. The first-order chi connectivity index (χ1) is 18.2. The molecule has 0 fully saturated rings. The van der Waals surface area contributed by atoms with Gasteiger partial charge in [0, 0.05) is 47.5 Å². The van der Waals surface area contributed by atoms with Crippen LogP contribution in [0.15, 0.2) is 48.8 Å². The number of likely N-dealkylation sites (N-methyl/N-ethyl adjacent to an activating group) is 1. The molecule has 4 aromatic rings. The molecule has 2 aromatic heterocycles. The van der Waals surface area contributed by atoms with Gasteiger partial charge in [-0.25, -0.2) is 9.97 Å². The molecule has 10 nitrogen and oxygen atoms in total. The summed E-state index contributed by atoms with van der Waals surface area (Å²) in [6.45, 7) is 1.21. The molecule has 38 heavy (non-hydrogen) atoms. The van der Waals surface area contributed by atoms with Crippen LogP contribution in [-0.2, 0) is 6.42 Å². The number of amides is 2. The van der Waals surface area contributed by atoms with Gasteiger partial charge in [-0.1, -0.05) is 29.3 Å². The van der Waals surface area contributed by atoms with E-state index < -0.39 is 5.91 Å². The number of fused-ring (bicyclic) bond motifs is 1. The van der Waals surface area contributed by atoms with Crippen molar-refractivity contribution in [1.82, 2.24) is 24.6 Å². The molecular formula is C26H27Cl2N7O3. The summed E-state index contributed by atoms with van der Waals surface area (Å²) in [4.78, 5) is 36.1. The number of halogens is 2. The Morgan fingerprint density at radius 2 is 1.89 bits per heavy atom. The summed E-state index contributed by atoms with van der Waals surface area (Å²) < 4.78 is 7.20. The third-order valence-electron chi connectivity index (χ3n) is 5.82. The number of ether oxygens (including phenoxy) is 1. The summed E-state index contributed by atoms with van der Waals surface area (Å²) in [6, 6.07) is 10.2. The van der Waals surface area contributed by atoms with Gasteiger partial charge in [0.05, 0.1) is 12.8 Å². The van der Waals surface area contributed by atoms with E-state index in [1.54, 1.807) is 53.2 Å². The Labute approximate surface area is 229 Å². The number of carbonyl (C=O) groups excluding carboxylic acids is 2. The van der Waals surface area contributed by atoms with E-state index in [1.165, 1.54) is 7.11 Å². The lowest BCUT2D eigenvalue weighted by Crippen LogP contribution is -2.31. The molecule has 198 valence electrons. The first kappa shape index (κ1) is 27.2. The second-order valence-electron chi connectivity index (χ2n) is 8.71. The van der Waals surface area contributed by atoms with Gasteiger partial charge < -0.3 is 26.0 Å². The smallest absolute Gasteiger partial charge is 0.256 e. The molecule has 0 aliphatic carbocycles. The third-order valence-corrected chi connectivity index (χ3v) is 6.53. The van der Waals surface area contributed by atoms with E-state index in [0.717, 1.165) is 0 Å². The Bertz CT molecular complexity index is 1480. The molecule has 0 saturated heterocycles. The molecule has 2 aromatic carbocycles. The number of nitrogens with two attached hydrogens (primary N) is 1. The molecular weight excluding hydrogens is 529 g/mol. The van der Waals surface area contributed by atoms with Crippen molar-refractivity contribution < 1.29 is 14.3 Å². The van der Waals surface area contributed by atoms with Gasteiger partial charge in [0.15, 0.2) is 5.65 Å². The van der Waals surface area contributed by atoms with Crippen LogP contribution < -0.4 is 21.1 Å². The van der Waals surface area contributed by atoms with Crippen LogP contribution in [0.25, 0.3) is 5.65 Å². The average Bonchev–Trinajstić information content (AvgIpc) is 3.35. The van der Waals surface area contributed by atoms with Gasteiger partial charge in [0.1, 0.15) is 23.0 Å². The number of carbonyl (C=O) groups is 2. The Balaban J connectivity index is 1.72. The predicted molar refractivity (Wildman–Crippen MR) is 148 cm³/mol. The molecule has 0 spiro atoms. The van der Waals surface area contributed by atoms with E-state index in [0.29, 0.717) is 57.2 Å². The standard InChI is InChI=1S/C26H27Cl2N7O3/c1-34(2)11-9-31-26(37)15-7-8-19(20(13-15)38-3)32-24-22(23(29)36)25-30-10-12-35(25)21(33-24)14-16-17(27)5-4-6-18(16)28/h4-8,10,12-13,32H,9,11,14H2,1-3H3,(H2,29,36)(H,31,37). The van der Waals surface area contributed by atoms with Crippen molar-refractivity contribution in [2.24, 2.45) is 5.73 Å². The number of nitrogens with zero attached hydrogens (tertiary/aromatic N) is 4. The van der Waals surface area contributed by atoms with Crippen LogP contribution in [0.4, 0.5) is 11.5 Å². The van der Waals surface area contributed by atoms with Gasteiger partial charge in [0.2, 0.25) is 0 Å². The zero-order valence-electron chi connectivity index (χ0n) is 21.1. The van der Waals surface area contributed by atoms with Crippen LogP contribution in [0.2, 0.25) is 10.0 Å². The van der Waals surface area contributed by atoms with Crippen molar-refractivity contribution in [2.45, 2.75) is 6.42 Å². The predicted octanol–water partition coefficient (Wildman–Crippen LogP) is 3.77. The van der Waals surface area contributed by atoms with Crippen LogP contribution in [-0.4, -0.2) is 65.4 Å². The van der Waals surface area contributed by atoms with Crippen LogP contribution in [0.5, 0.6) is 5.75 Å². The van der Waals surface area contributed by atoms with E-state index in [9.17, 15) is 9.59 Å². The molecule has 0 atom stereocenters.